The fraction of sp³-hybridized carbons (Fsp3) is 0.542. The number of methoxy groups -OCH3 is 2. The first kappa shape index (κ1) is 21.2. The van der Waals surface area contributed by atoms with Crippen LogP contribution in [0.15, 0.2) is 30.5 Å². The lowest BCUT2D eigenvalue weighted by Gasteiger charge is -2.31. The summed E-state index contributed by atoms with van der Waals surface area (Å²) in [6.45, 7) is 5.71. The van der Waals surface area contributed by atoms with E-state index >= 15 is 0 Å². The van der Waals surface area contributed by atoms with Gasteiger partial charge in [-0.15, -0.1) is 0 Å². The van der Waals surface area contributed by atoms with Crippen LogP contribution in [0.3, 0.4) is 0 Å². The Morgan fingerprint density at radius 3 is 2.78 bits per heavy atom. The SMILES string of the molecule is CCCn1c(CN2C[C@@H]3CC[C@@](O)(c4cnc(OC)nc4OC)[C@@H]3C2)nc2ccccc21. The lowest BCUT2D eigenvalue weighted by atomic mass is 9.83. The summed E-state index contributed by atoms with van der Waals surface area (Å²) in [4.78, 5) is 15.9. The first-order valence-corrected chi connectivity index (χ1v) is 11.4. The van der Waals surface area contributed by atoms with Gasteiger partial charge in [0.05, 0.1) is 37.4 Å². The minimum Gasteiger partial charge on any atom is -0.481 e. The fourth-order valence-electron chi connectivity index (χ4n) is 5.67. The van der Waals surface area contributed by atoms with Crippen LogP contribution in [0.1, 0.15) is 37.6 Å². The Morgan fingerprint density at radius 2 is 2.00 bits per heavy atom. The van der Waals surface area contributed by atoms with Gasteiger partial charge in [-0.2, -0.15) is 4.98 Å². The summed E-state index contributed by atoms with van der Waals surface area (Å²) < 4.78 is 13.0. The van der Waals surface area contributed by atoms with Crippen molar-refractivity contribution in [3.63, 3.8) is 0 Å². The van der Waals surface area contributed by atoms with Crippen LogP contribution < -0.4 is 9.47 Å². The van der Waals surface area contributed by atoms with Crippen LogP contribution in [-0.2, 0) is 18.7 Å². The summed E-state index contributed by atoms with van der Waals surface area (Å²) in [6, 6.07) is 8.59. The van der Waals surface area contributed by atoms with Gasteiger partial charge in [0.25, 0.3) is 0 Å². The zero-order valence-corrected chi connectivity index (χ0v) is 19.0. The summed E-state index contributed by atoms with van der Waals surface area (Å²) in [7, 11) is 3.09. The molecule has 0 bridgehead atoms. The Balaban J connectivity index is 1.40. The molecule has 1 saturated carbocycles. The Bertz CT molecular complexity index is 1120. The average Bonchev–Trinajstić information content (AvgIpc) is 3.47. The van der Waals surface area contributed by atoms with Crippen LogP contribution in [0.4, 0.5) is 0 Å². The number of aryl methyl sites for hydroxylation is 1. The topological polar surface area (TPSA) is 85.5 Å². The van der Waals surface area contributed by atoms with E-state index < -0.39 is 5.60 Å². The lowest BCUT2D eigenvalue weighted by Crippen LogP contribution is -2.35. The van der Waals surface area contributed by atoms with Crippen LogP contribution in [0, 0.1) is 11.8 Å². The van der Waals surface area contributed by atoms with Crippen molar-refractivity contribution >= 4 is 11.0 Å². The number of aliphatic hydroxyl groups is 1. The number of hydrogen-bond donors (Lipinski definition) is 1. The highest BCUT2D eigenvalue weighted by atomic mass is 16.5. The van der Waals surface area contributed by atoms with Crippen LogP contribution in [-0.4, -0.2) is 56.8 Å². The maximum Gasteiger partial charge on any atom is 0.319 e. The second-order valence-electron chi connectivity index (χ2n) is 8.97. The van der Waals surface area contributed by atoms with Crippen molar-refractivity contribution in [3.8, 4) is 11.9 Å². The number of imidazole rings is 1. The molecule has 1 saturated heterocycles. The highest BCUT2D eigenvalue weighted by Crippen LogP contribution is 2.52. The Morgan fingerprint density at radius 1 is 1.16 bits per heavy atom. The molecule has 0 amide bonds. The van der Waals surface area contributed by atoms with E-state index in [1.165, 1.54) is 12.6 Å². The van der Waals surface area contributed by atoms with E-state index in [1.54, 1.807) is 13.3 Å². The first-order valence-electron chi connectivity index (χ1n) is 11.4. The van der Waals surface area contributed by atoms with Crippen molar-refractivity contribution in [2.75, 3.05) is 27.3 Å². The molecule has 1 aromatic carbocycles. The highest BCUT2D eigenvalue weighted by molar-refractivity contribution is 5.75. The number of para-hydroxylation sites is 2. The van der Waals surface area contributed by atoms with Gasteiger partial charge in [-0.1, -0.05) is 19.1 Å². The second kappa shape index (κ2) is 8.33. The number of aromatic nitrogens is 4. The molecule has 1 aliphatic carbocycles. The van der Waals surface area contributed by atoms with Crippen molar-refractivity contribution in [1.82, 2.24) is 24.4 Å². The van der Waals surface area contributed by atoms with E-state index in [0.29, 0.717) is 23.8 Å². The Hall–Kier alpha value is -2.71. The summed E-state index contributed by atoms with van der Waals surface area (Å²) in [6.07, 6.45) is 4.39. The van der Waals surface area contributed by atoms with Gasteiger partial charge >= 0.3 is 6.01 Å². The van der Waals surface area contributed by atoms with Gasteiger partial charge in [-0.3, -0.25) is 4.90 Å². The Kier molecular flexibility index (Phi) is 5.51. The molecule has 2 aromatic heterocycles. The number of fused-ring (bicyclic) bond motifs is 2. The van der Waals surface area contributed by atoms with E-state index in [2.05, 4.69) is 44.6 Å². The van der Waals surface area contributed by atoms with Crippen LogP contribution in [0.25, 0.3) is 11.0 Å². The minimum absolute atomic E-state index is 0.109. The summed E-state index contributed by atoms with van der Waals surface area (Å²) in [5, 5.41) is 11.8. The van der Waals surface area contributed by atoms with Gasteiger partial charge in [0, 0.05) is 31.7 Å². The number of rotatable bonds is 7. The zero-order valence-electron chi connectivity index (χ0n) is 19.0. The normalized spacial score (nSPS) is 25.4. The molecule has 32 heavy (non-hydrogen) atoms. The number of benzene rings is 1. The zero-order chi connectivity index (χ0) is 22.3. The number of nitrogens with zero attached hydrogens (tertiary/aromatic N) is 5. The predicted octanol–water partition coefficient (Wildman–Crippen LogP) is 2.98. The maximum atomic E-state index is 11.8. The second-order valence-corrected chi connectivity index (χ2v) is 8.97. The third-order valence-electron chi connectivity index (χ3n) is 7.15. The molecule has 3 atom stereocenters. The molecule has 2 aliphatic rings. The van der Waals surface area contributed by atoms with Crippen molar-refractivity contribution in [3.05, 3.63) is 41.9 Å². The molecular formula is C24H31N5O3. The molecule has 2 fully saturated rings. The Labute approximate surface area is 188 Å². The van der Waals surface area contributed by atoms with Gasteiger partial charge in [0.2, 0.25) is 5.88 Å². The fourth-order valence-corrected chi connectivity index (χ4v) is 5.67. The molecule has 1 N–H and O–H groups in total. The van der Waals surface area contributed by atoms with E-state index in [9.17, 15) is 5.11 Å². The molecule has 5 rings (SSSR count). The van der Waals surface area contributed by atoms with Crippen molar-refractivity contribution in [1.29, 1.82) is 0 Å². The third kappa shape index (κ3) is 3.42. The first-order chi connectivity index (χ1) is 15.6. The van der Waals surface area contributed by atoms with Gasteiger partial charge in [-0.25, -0.2) is 9.97 Å². The molecule has 170 valence electrons. The molecule has 8 nitrogen and oxygen atoms in total. The number of ether oxygens (including phenoxy) is 2. The van der Waals surface area contributed by atoms with Crippen molar-refractivity contribution in [2.45, 2.75) is 44.9 Å². The van der Waals surface area contributed by atoms with Gasteiger partial charge in [0.15, 0.2) is 0 Å². The largest absolute Gasteiger partial charge is 0.481 e. The highest BCUT2D eigenvalue weighted by Gasteiger charge is 2.54. The molecule has 0 spiro atoms. The molecule has 1 aliphatic heterocycles. The van der Waals surface area contributed by atoms with Gasteiger partial charge in [-0.05, 0) is 37.3 Å². The predicted molar refractivity (Wildman–Crippen MR) is 121 cm³/mol. The van der Waals surface area contributed by atoms with Crippen molar-refractivity contribution in [2.24, 2.45) is 11.8 Å². The maximum absolute atomic E-state index is 11.8. The number of likely N-dealkylation sites (tertiary alicyclic amines) is 1. The quantitative estimate of drug-likeness (QED) is 0.608. The van der Waals surface area contributed by atoms with Crippen molar-refractivity contribution < 1.29 is 14.6 Å². The monoisotopic (exact) mass is 437 g/mol. The summed E-state index contributed by atoms with van der Waals surface area (Å²) >= 11 is 0. The molecule has 0 radical (unpaired) electrons. The standard InChI is InChI=1S/C24H31N5O3/c1-4-11-29-20-8-6-5-7-19(20)26-21(29)15-28-13-16-9-10-24(30,18(16)14-28)17-12-25-23(32-3)27-22(17)31-2/h5-8,12,16,18,30H,4,9-11,13-15H2,1-3H3/t16-,18+,24+/m0/s1. The van der Waals surface area contributed by atoms with E-state index in [-0.39, 0.29) is 11.9 Å². The smallest absolute Gasteiger partial charge is 0.319 e. The summed E-state index contributed by atoms with van der Waals surface area (Å²) in [5.74, 6) is 2.03. The van der Waals surface area contributed by atoms with Crippen LogP contribution in [0.2, 0.25) is 0 Å². The lowest BCUT2D eigenvalue weighted by molar-refractivity contribution is -0.00983. The average molecular weight is 438 g/mol. The summed E-state index contributed by atoms with van der Waals surface area (Å²) in [5.41, 5.74) is 1.90. The van der Waals surface area contributed by atoms with Crippen LogP contribution >= 0.6 is 0 Å². The van der Waals surface area contributed by atoms with E-state index in [0.717, 1.165) is 50.4 Å². The van der Waals surface area contributed by atoms with Crippen LogP contribution in [0.5, 0.6) is 11.9 Å². The molecular weight excluding hydrogens is 406 g/mol. The van der Waals surface area contributed by atoms with E-state index in [1.807, 2.05) is 6.07 Å². The van der Waals surface area contributed by atoms with Gasteiger partial charge < -0.3 is 19.1 Å². The molecule has 3 heterocycles. The minimum atomic E-state index is -0.999. The number of hydrogen-bond acceptors (Lipinski definition) is 7. The van der Waals surface area contributed by atoms with E-state index in [4.69, 9.17) is 14.5 Å². The molecule has 0 unspecified atom stereocenters. The molecule has 3 aromatic rings. The van der Waals surface area contributed by atoms with Gasteiger partial charge in [0.1, 0.15) is 11.4 Å². The molecule has 8 heteroatoms. The third-order valence-corrected chi connectivity index (χ3v) is 7.15.